The standard InChI is InChI=1S/C24H10N16/c1-2-26-10-9(25-1)17-33-18(10)36-22-15-16(32-8-7-31-15)24-38-20-12-11(27-3-4-28-12)19(34-20)37-23-14-13(29-5-6-30-14)21(35-17)39(23)40(22)24/h1-8H,(H,33,35,36)(H,34,37,38)/q+2. The Bertz CT molecular complexity index is 2180. The summed E-state index contributed by atoms with van der Waals surface area (Å²) >= 11 is 0. The Morgan fingerprint density at radius 2 is 0.600 bits per heavy atom. The van der Waals surface area contributed by atoms with E-state index < -0.39 is 0 Å². The van der Waals surface area contributed by atoms with Gasteiger partial charge >= 0.3 is 23.3 Å². The Balaban J connectivity index is 1.60. The maximum Gasteiger partial charge on any atom is 0.328 e. The van der Waals surface area contributed by atoms with E-state index >= 15 is 0 Å². The Labute approximate surface area is 219 Å². The number of hydrogen-bond acceptors (Lipinski definition) is 12. The molecule has 10 heterocycles. The minimum Gasteiger partial charge on any atom is -0.293 e. The van der Waals surface area contributed by atoms with Gasteiger partial charge in [-0.05, 0) is 0 Å². The van der Waals surface area contributed by atoms with Crippen molar-refractivity contribution in [2.45, 2.75) is 0 Å². The zero-order valence-corrected chi connectivity index (χ0v) is 19.9. The van der Waals surface area contributed by atoms with Crippen molar-refractivity contribution in [2.75, 3.05) is 0 Å². The fraction of sp³-hybridized carbons (Fsp3) is 0. The zero-order valence-electron chi connectivity index (χ0n) is 19.9. The topological polar surface area (TPSA) is 194 Å². The number of nitrogens with one attached hydrogen (secondary N) is 2. The van der Waals surface area contributed by atoms with Crippen molar-refractivity contribution in [2.24, 2.45) is 0 Å². The molecule has 4 bridgehead atoms. The van der Waals surface area contributed by atoms with E-state index in [0.717, 1.165) is 0 Å². The van der Waals surface area contributed by atoms with Gasteiger partial charge in [-0.2, -0.15) is 0 Å². The summed E-state index contributed by atoms with van der Waals surface area (Å²) in [6, 6.07) is 0. The van der Waals surface area contributed by atoms with Gasteiger partial charge in [-0.3, -0.25) is 9.97 Å². The summed E-state index contributed by atoms with van der Waals surface area (Å²) in [6.45, 7) is 0. The van der Waals surface area contributed by atoms with Gasteiger partial charge in [0.05, 0.1) is 0 Å². The van der Waals surface area contributed by atoms with Crippen LogP contribution < -0.4 is 9.03 Å². The lowest BCUT2D eigenvalue weighted by Gasteiger charge is -1.91. The molecule has 40 heavy (non-hydrogen) atoms. The largest absolute Gasteiger partial charge is 0.328 e. The Kier molecular flexibility index (Phi) is 3.33. The molecule has 0 amide bonds. The van der Waals surface area contributed by atoms with Crippen LogP contribution in [0.4, 0.5) is 0 Å². The number of fused-ring (bicyclic) bond motifs is 16. The van der Waals surface area contributed by atoms with Crippen LogP contribution in [0.2, 0.25) is 0 Å². The van der Waals surface area contributed by atoms with Crippen molar-refractivity contribution < 1.29 is 9.03 Å². The molecule has 2 aliphatic rings. The number of H-pyrrole nitrogens is 2. The number of aromatic amines is 2. The Morgan fingerprint density at radius 1 is 0.350 bits per heavy atom. The van der Waals surface area contributed by atoms with Crippen molar-refractivity contribution >= 4 is 44.7 Å². The highest BCUT2D eigenvalue weighted by Gasteiger charge is 2.42. The van der Waals surface area contributed by atoms with Crippen molar-refractivity contribution in [3.63, 3.8) is 0 Å². The van der Waals surface area contributed by atoms with Crippen LogP contribution in [0.25, 0.3) is 90.7 Å². The molecule has 8 aromatic heterocycles. The average Bonchev–Trinajstić information content (AvgIpc) is 3.72. The molecular formula is C24H10N16+2. The molecule has 0 spiro atoms. The first kappa shape index (κ1) is 19.7. The van der Waals surface area contributed by atoms with E-state index in [4.69, 9.17) is 19.9 Å². The highest BCUT2D eigenvalue weighted by Crippen LogP contribution is 2.32. The van der Waals surface area contributed by atoms with Crippen LogP contribution in [0.5, 0.6) is 0 Å². The summed E-state index contributed by atoms with van der Waals surface area (Å²) in [5.41, 5.74) is 6.13. The summed E-state index contributed by atoms with van der Waals surface area (Å²) in [6.07, 6.45) is 12.9. The zero-order chi connectivity index (χ0) is 25.9. The third kappa shape index (κ3) is 2.31. The normalized spacial score (nSPS) is 12.5. The lowest BCUT2D eigenvalue weighted by atomic mass is 10.3. The molecule has 0 aliphatic carbocycles. The van der Waals surface area contributed by atoms with Crippen molar-refractivity contribution in [1.29, 1.82) is 0 Å². The van der Waals surface area contributed by atoms with Crippen LogP contribution in [0.1, 0.15) is 0 Å². The van der Waals surface area contributed by atoms with Gasteiger partial charge in [0.15, 0.2) is 44.8 Å². The SMILES string of the molecule is c1cnc2c(n1)-c1nc3[nH]c(nc4[n+]5c(nc6[nH]c(nc-2[n+]15)c1nccnc61)-c1nccnc1-4)c1nccnc31. The molecule has 0 saturated heterocycles. The van der Waals surface area contributed by atoms with Crippen LogP contribution in [-0.2, 0) is 0 Å². The minimum absolute atomic E-state index is 0.431. The van der Waals surface area contributed by atoms with E-state index in [9.17, 15) is 0 Å². The smallest absolute Gasteiger partial charge is 0.293 e. The molecule has 184 valence electrons. The van der Waals surface area contributed by atoms with Crippen LogP contribution in [0, 0.1) is 0 Å². The van der Waals surface area contributed by atoms with E-state index in [1.54, 1.807) is 58.6 Å². The number of rotatable bonds is 0. The van der Waals surface area contributed by atoms with Gasteiger partial charge in [0.25, 0.3) is 0 Å². The van der Waals surface area contributed by atoms with E-state index in [-0.39, 0.29) is 0 Å². The summed E-state index contributed by atoms with van der Waals surface area (Å²) in [4.78, 5) is 63.4. The first-order valence-electron chi connectivity index (χ1n) is 12.1. The second kappa shape index (κ2) is 6.76. The van der Waals surface area contributed by atoms with Crippen molar-refractivity contribution in [3.8, 4) is 46.1 Å². The monoisotopic (exact) mass is 522 g/mol. The molecular weight excluding hydrogens is 512 g/mol. The maximum atomic E-state index is 5.02. The molecule has 0 saturated carbocycles. The fourth-order valence-electron chi connectivity index (χ4n) is 5.29. The van der Waals surface area contributed by atoms with Gasteiger partial charge in [0.1, 0.15) is 0 Å². The van der Waals surface area contributed by atoms with Gasteiger partial charge in [-0.1, -0.05) is 29.0 Å². The molecule has 0 aromatic carbocycles. The van der Waals surface area contributed by atoms with Gasteiger partial charge in [0.2, 0.25) is 22.6 Å². The molecule has 2 aliphatic heterocycles. The van der Waals surface area contributed by atoms with Gasteiger partial charge in [0, 0.05) is 49.6 Å². The van der Waals surface area contributed by atoms with Gasteiger partial charge in [-0.25, -0.2) is 39.9 Å². The summed E-state index contributed by atoms with van der Waals surface area (Å²) in [5, 5.41) is 0. The van der Waals surface area contributed by atoms with E-state index in [1.165, 1.54) is 0 Å². The highest BCUT2D eigenvalue weighted by atomic mass is 15.4. The number of aromatic nitrogens is 16. The molecule has 8 aromatic rings. The second-order valence-corrected chi connectivity index (χ2v) is 9.02. The second-order valence-electron chi connectivity index (χ2n) is 9.02. The summed E-state index contributed by atoms with van der Waals surface area (Å²) in [7, 11) is 0. The predicted molar refractivity (Wildman–Crippen MR) is 134 cm³/mol. The molecule has 10 rings (SSSR count). The van der Waals surface area contributed by atoms with Crippen molar-refractivity contribution in [1.82, 2.24) is 69.8 Å². The number of hydrogen-bond donors (Lipinski definition) is 2. The first-order chi connectivity index (χ1) is 19.8. The molecule has 0 fully saturated rings. The van der Waals surface area contributed by atoms with Gasteiger partial charge in [-0.15, -0.1) is 0 Å². The fourth-order valence-corrected chi connectivity index (χ4v) is 5.29. The first-order valence-corrected chi connectivity index (χ1v) is 12.1. The van der Waals surface area contributed by atoms with E-state index in [2.05, 4.69) is 49.8 Å². The third-order valence-corrected chi connectivity index (χ3v) is 6.88. The number of nitrogens with zero attached hydrogens (tertiary/aromatic N) is 14. The molecule has 16 nitrogen and oxygen atoms in total. The van der Waals surface area contributed by atoms with Crippen LogP contribution in [0.3, 0.4) is 0 Å². The van der Waals surface area contributed by atoms with Crippen LogP contribution in [0.15, 0.2) is 49.6 Å². The van der Waals surface area contributed by atoms with Crippen LogP contribution in [-0.4, -0.2) is 69.8 Å². The highest BCUT2D eigenvalue weighted by molar-refractivity contribution is 6.00. The lowest BCUT2D eigenvalue weighted by Crippen LogP contribution is -2.55. The predicted octanol–water partition coefficient (Wildman–Crippen LogP) is 0.439. The van der Waals surface area contributed by atoms with E-state index in [1.807, 2.05) is 0 Å². The molecule has 16 heteroatoms. The average molecular weight is 522 g/mol. The molecule has 0 radical (unpaired) electrons. The summed E-state index contributed by atoms with van der Waals surface area (Å²) in [5.74, 6) is 1.72. The Morgan fingerprint density at radius 3 is 0.875 bits per heavy atom. The maximum absolute atomic E-state index is 5.02. The third-order valence-electron chi connectivity index (χ3n) is 6.88. The summed E-state index contributed by atoms with van der Waals surface area (Å²) < 4.78 is 3.56. The minimum atomic E-state index is 0.431. The van der Waals surface area contributed by atoms with Crippen molar-refractivity contribution in [3.05, 3.63) is 49.6 Å². The molecule has 0 unspecified atom stereocenters. The van der Waals surface area contributed by atoms with E-state index in [0.29, 0.717) is 90.7 Å². The van der Waals surface area contributed by atoms with Gasteiger partial charge < -0.3 is 0 Å². The molecule has 0 atom stereocenters. The molecule has 2 N–H and O–H groups in total. The Hall–Kier alpha value is -6.32. The lowest BCUT2D eigenvalue weighted by molar-refractivity contribution is -1.10. The van der Waals surface area contributed by atoms with Crippen LogP contribution >= 0.6 is 0 Å². The quantitative estimate of drug-likeness (QED) is 0.261.